The molecule has 0 bridgehead atoms. The monoisotopic (exact) mass is 244 g/mol. The van der Waals surface area contributed by atoms with E-state index in [0.29, 0.717) is 11.9 Å². The van der Waals surface area contributed by atoms with Crippen molar-refractivity contribution in [2.45, 2.75) is 25.4 Å². The van der Waals surface area contributed by atoms with Gasteiger partial charge in [0.05, 0.1) is 12.8 Å². The van der Waals surface area contributed by atoms with E-state index < -0.39 is 0 Å². The molecule has 1 N–H and O–H groups in total. The Kier molecular flexibility index (Phi) is 3.02. The lowest BCUT2D eigenvalue weighted by atomic mass is 10.2. The van der Waals surface area contributed by atoms with E-state index in [1.54, 1.807) is 13.4 Å². The Labute approximate surface area is 106 Å². The van der Waals surface area contributed by atoms with Crippen LogP contribution in [0.25, 0.3) is 11.5 Å². The lowest BCUT2D eigenvalue weighted by Gasteiger charge is -2.00. The van der Waals surface area contributed by atoms with Crippen LogP contribution in [0.3, 0.4) is 0 Å². The van der Waals surface area contributed by atoms with Gasteiger partial charge in [0, 0.05) is 18.2 Å². The summed E-state index contributed by atoms with van der Waals surface area (Å²) in [6.45, 7) is 0.776. The summed E-state index contributed by atoms with van der Waals surface area (Å²) >= 11 is 0. The number of nitrogens with zero attached hydrogens (tertiary/aromatic N) is 1. The van der Waals surface area contributed by atoms with Gasteiger partial charge in [-0.1, -0.05) is 6.07 Å². The Morgan fingerprint density at radius 3 is 3.11 bits per heavy atom. The average molecular weight is 244 g/mol. The quantitative estimate of drug-likeness (QED) is 0.878. The second-order valence-corrected chi connectivity index (χ2v) is 4.53. The van der Waals surface area contributed by atoms with Crippen molar-refractivity contribution < 1.29 is 9.15 Å². The molecular formula is C14H16N2O2. The number of ether oxygens (including phenoxy) is 1. The molecule has 2 aromatic rings. The fraction of sp³-hybridized carbons (Fsp3) is 0.357. The number of nitrogens with one attached hydrogen (secondary N) is 1. The zero-order valence-corrected chi connectivity index (χ0v) is 10.3. The maximum absolute atomic E-state index is 5.50. The Bertz CT molecular complexity index is 532. The van der Waals surface area contributed by atoms with E-state index in [9.17, 15) is 0 Å². The topological polar surface area (TPSA) is 47.3 Å². The number of hydrogen-bond acceptors (Lipinski definition) is 4. The van der Waals surface area contributed by atoms with Gasteiger partial charge in [-0.3, -0.25) is 0 Å². The van der Waals surface area contributed by atoms with Crippen molar-refractivity contribution >= 4 is 0 Å². The van der Waals surface area contributed by atoms with E-state index in [1.807, 2.05) is 24.3 Å². The smallest absolute Gasteiger partial charge is 0.226 e. The van der Waals surface area contributed by atoms with Crippen molar-refractivity contribution in [3.8, 4) is 17.2 Å². The lowest BCUT2D eigenvalue weighted by Crippen LogP contribution is -2.15. The summed E-state index contributed by atoms with van der Waals surface area (Å²) in [5.74, 6) is 1.45. The van der Waals surface area contributed by atoms with E-state index in [2.05, 4.69) is 10.3 Å². The summed E-state index contributed by atoms with van der Waals surface area (Å²) in [6.07, 6.45) is 4.27. The van der Waals surface area contributed by atoms with Gasteiger partial charge in [0.15, 0.2) is 0 Å². The molecule has 1 aliphatic rings. The van der Waals surface area contributed by atoms with Gasteiger partial charge in [-0.2, -0.15) is 0 Å². The zero-order valence-electron chi connectivity index (χ0n) is 10.3. The first-order chi connectivity index (χ1) is 8.85. The van der Waals surface area contributed by atoms with Gasteiger partial charge in [-0.25, -0.2) is 4.98 Å². The van der Waals surface area contributed by atoms with Crippen molar-refractivity contribution in [3.63, 3.8) is 0 Å². The summed E-state index contributed by atoms with van der Waals surface area (Å²) in [5.41, 5.74) is 1.88. The van der Waals surface area contributed by atoms with Crippen molar-refractivity contribution in [2.75, 3.05) is 7.11 Å². The average Bonchev–Trinajstić information content (AvgIpc) is 3.13. The first-order valence-corrected chi connectivity index (χ1v) is 6.17. The SMILES string of the molecule is COc1cccc(-c2nc(CNC3CC3)co2)c1. The van der Waals surface area contributed by atoms with E-state index in [1.165, 1.54) is 12.8 Å². The van der Waals surface area contributed by atoms with Crippen molar-refractivity contribution in [2.24, 2.45) is 0 Å². The number of rotatable bonds is 5. The number of hydrogen-bond donors (Lipinski definition) is 1. The fourth-order valence-corrected chi connectivity index (χ4v) is 1.81. The maximum Gasteiger partial charge on any atom is 0.226 e. The predicted molar refractivity (Wildman–Crippen MR) is 68.4 cm³/mol. The Morgan fingerprint density at radius 1 is 1.44 bits per heavy atom. The predicted octanol–water partition coefficient (Wildman–Crippen LogP) is 2.60. The van der Waals surface area contributed by atoms with Crippen molar-refractivity contribution in [1.82, 2.24) is 10.3 Å². The van der Waals surface area contributed by atoms with E-state index in [-0.39, 0.29) is 0 Å². The molecular weight excluding hydrogens is 228 g/mol. The molecule has 0 amide bonds. The molecule has 1 aliphatic carbocycles. The molecule has 4 nitrogen and oxygen atoms in total. The highest BCUT2D eigenvalue weighted by Gasteiger charge is 2.20. The highest BCUT2D eigenvalue weighted by molar-refractivity contribution is 5.55. The minimum atomic E-state index is 0.640. The van der Waals surface area contributed by atoms with Crippen molar-refractivity contribution in [1.29, 1.82) is 0 Å². The minimum absolute atomic E-state index is 0.640. The van der Waals surface area contributed by atoms with E-state index in [4.69, 9.17) is 9.15 Å². The molecule has 0 radical (unpaired) electrons. The molecule has 3 rings (SSSR count). The van der Waals surface area contributed by atoms with Crippen LogP contribution in [0.4, 0.5) is 0 Å². The fourth-order valence-electron chi connectivity index (χ4n) is 1.81. The number of oxazole rings is 1. The molecule has 0 saturated heterocycles. The summed E-state index contributed by atoms with van der Waals surface area (Å²) < 4.78 is 10.7. The Morgan fingerprint density at radius 2 is 2.33 bits per heavy atom. The second-order valence-electron chi connectivity index (χ2n) is 4.53. The molecule has 0 unspecified atom stereocenters. The van der Waals surface area contributed by atoms with Gasteiger partial charge in [-0.05, 0) is 31.0 Å². The first-order valence-electron chi connectivity index (χ1n) is 6.17. The van der Waals surface area contributed by atoms with Gasteiger partial charge >= 0.3 is 0 Å². The number of methoxy groups -OCH3 is 1. The minimum Gasteiger partial charge on any atom is -0.497 e. The number of aromatic nitrogens is 1. The molecule has 0 atom stereocenters. The largest absolute Gasteiger partial charge is 0.497 e. The van der Waals surface area contributed by atoms with Crippen LogP contribution in [0, 0.1) is 0 Å². The lowest BCUT2D eigenvalue weighted by molar-refractivity contribution is 0.414. The Hall–Kier alpha value is -1.81. The summed E-state index contributed by atoms with van der Waals surface area (Å²) in [6, 6.07) is 8.40. The van der Waals surface area contributed by atoms with Gasteiger partial charge in [0.1, 0.15) is 12.0 Å². The zero-order chi connectivity index (χ0) is 12.4. The maximum atomic E-state index is 5.50. The van der Waals surface area contributed by atoms with E-state index >= 15 is 0 Å². The van der Waals surface area contributed by atoms with Crippen LogP contribution in [0.1, 0.15) is 18.5 Å². The van der Waals surface area contributed by atoms with Crippen LogP contribution in [0.2, 0.25) is 0 Å². The van der Waals surface area contributed by atoms with Crippen LogP contribution >= 0.6 is 0 Å². The normalized spacial score (nSPS) is 14.7. The molecule has 94 valence electrons. The van der Waals surface area contributed by atoms with Gasteiger partial charge in [0.2, 0.25) is 5.89 Å². The summed E-state index contributed by atoms with van der Waals surface area (Å²) in [5, 5.41) is 3.41. The molecule has 1 fully saturated rings. The van der Waals surface area contributed by atoms with Crippen LogP contribution < -0.4 is 10.1 Å². The van der Waals surface area contributed by atoms with Gasteiger partial charge in [-0.15, -0.1) is 0 Å². The molecule has 1 aromatic heterocycles. The van der Waals surface area contributed by atoms with Crippen LogP contribution in [-0.2, 0) is 6.54 Å². The molecule has 0 aliphatic heterocycles. The van der Waals surface area contributed by atoms with Crippen LogP contribution in [0.5, 0.6) is 5.75 Å². The summed E-state index contributed by atoms with van der Waals surface area (Å²) in [4.78, 5) is 4.47. The van der Waals surface area contributed by atoms with Crippen LogP contribution in [0.15, 0.2) is 34.9 Å². The number of benzene rings is 1. The molecule has 1 aromatic carbocycles. The third-order valence-electron chi connectivity index (χ3n) is 3.02. The highest BCUT2D eigenvalue weighted by Crippen LogP contribution is 2.24. The summed E-state index contributed by atoms with van der Waals surface area (Å²) in [7, 11) is 1.65. The second kappa shape index (κ2) is 4.82. The molecule has 4 heteroatoms. The molecule has 18 heavy (non-hydrogen) atoms. The van der Waals surface area contributed by atoms with E-state index in [0.717, 1.165) is 23.6 Å². The third kappa shape index (κ3) is 2.54. The van der Waals surface area contributed by atoms with Crippen LogP contribution in [-0.4, -0.2) is 18.1 Å². The molecule has 1 heterocycles. The molecule has 1 saturated carbocycles. The van der Waals surface area contributed by atoms with Gasteiger partial charge in [0.25, 0.3) is 0 Å². The first kappa shape index (κ1) is 11.3. The third-order valence-corrected chi connectivity index (χ3v) is 3.02. The van der Waals surface area contributed by atoms with Crippen molar-refractivity contribution in [3.05, 3.63) is 36.2 Å². The van der Waals surface area contributed by atoms with Gasteiger partial charge < -0.3 is 14.5 Å². The standard InChI is InChI=1S/C14H16N2O2/c1-17-13-4-2-3-10(7-13)14-16-12(9-18-14)8-15-11-5-6-11/h2-4,7,9,11,15H,5-6,8H2,1H3. The highest BCUT2D eigenvalue weighted by atomic mass is 16.5. The molecule has 0 spiro atoms. The Balaban J connectivity index is 1.74.